The van der Waals surface area contributed by atoms with Gasteiger partial charge >= 0.3 is 6.18 Å². The molecule has 0 unspecified atom stereocenters. The van der Waals surface area contributed by atoms with Crippen molar-refractivity contribution in [3.8, 4) is 0 Å². The van der Waals surface area contributed by atoms with Gasteiger partial charge in [0.2, 0.25) is 0 Å². The molecule has 0 radical (unpaired) electrons. The van der Waals surface area contributed by atoms with Gasteiger partial charge in [-0.15, -0.1) is 0 Å². The van der Waals surface area contributed by atoms with Crippen molar-refractivity contribution in [3.05, 3.63) is 58.7 Å². The van der Waals surface area contributed by atoms with Gasteiger partial charge in [-0.2, -0.15) is 13.2 Å². The predicted molar refractivity (Wildman–Crippen MR) is 101 cm³/mol. The second kappa shape index (κ2) is 8.25. The van der Waals surface area contributed by atoms with Crippen LogP contribution in [0.25, 0.3) is 0 Å². The van der Waals surface area contributed by atoms with Crippen molar-refractivity contribution < 1.29 is 13.2 Å². The van der Waals surface area contributed by atoms with Crippen LogP contribution in [0.4, 0.5) is 24.5 Å². The first-order valence-electron chi connectivity index (χ1n) is 8.47. The Hall–Kier alpha value is -2.50. The quantitative estimate of drug-likeness (QED) is 0.538. The summed E-state index contributed by atoms with van der Waals surface area (Å²) >= 11 is 0. The Bertz CT molecular complexity index is 782. The van der Waals surface area contributed by atoms with Crippen molar-refractivity contribution in [1.29, 1.82) is 0 Å². The van der Waals surface area contributed by atoms with Crippen molar-refractivity contribution in [2.24, 2.45) is 4.99 Å². The number of aliphatic imine (C=N–C) groups is 1. The number of alkyl halides is 3. The third-order valence-electron chi connectivity index (χ3n) is 4.23. The number of nitrogens with one attached hydrogen (secondary N) is 1. The zero-order valence-electron chi connectivity index (χ0n) is 15.5. The molecule has 0 spiro atoms. The number of hydrogen-bond donors (Lipinski definition) is 1. The van der Waals surface area contributed by atoms with E-state index >= 15 is 0 Å². The molecule has 3 nitrogen and oxygen atoms in total. The summed E-state index contributed by atoms with van der Waals surface area (Å²) in [6.07, 6.45) is -2.58. The summed E-state index contributed by atoms with van der Waals surface area (Å²) in [6.45, 7) is 6.86. The molecule has 2 aromatic carbocycles. The van der Waals surface area contributed by atoms with Gasteiger partial charge in [0, 0.05) is 25.8 Å². The highest BCUT2D eigenvalue weighted by Gasteiger charge is 2.32. The fourth-order valence-corrected chi connectivity index (χ4v) is 2.51. The normalized spacial score (nSPS) is 11.8. The molecule has 0 saturated carbocycles. The number of nitrogens with zero attached hydrogens (tertiary/aromatic N) is 2. The minimum Gasteiger partial charge on any atom is -0.381 e. The highest BCUT2D eigenvalue weighted by Crippen LogP contribution is 2.33. The Kier molecular flexibility index (Phi) is 6.29. The fourth-order valence-electron chi connectivity index (χ4n) is 2.51. The number of halogens is 3. The second-order valence-electron chi connectivity index (χ2n) is 6.28. The molecule has 0 fully saturated rings. The fraction of sp³-hybridized carbons (Fsp3) is 0.350. The average Bonchev–Trinajstić information content (AvgIpc) is 2.60. The number of rotatable bonds is 6. The molecule has 0 heterocycles. The van der Waals surface area contributed by atoms with E-state index in [0.717, 1.165) is 35.1 Å². The molecule has 0 aliphatic heterocycles. The second-order valence-corrected chi connectivity index (χ2v) is 6.28. The van der Waals surface area contributed by atoms with Gasteiger partial charge in [0.1, 0.15) is 0 Å². The summed E-state index contributed by atoms with van der Waals surface area (Å²) in [5.74, 6) is 0. The maximum Gasteiger partial charge on any atom is 0.416 e. The predicted octanol–water partition coefficient (Wildman–Crippen LogP) is 5.55. The summed E-state index contributed by atoms with van der Waals surface area (Å²) in [5, 5.41) is 3.12. The van der Waals surface area contributed by atoms with Gasteiger partial charge < -0.3 is 10.2 Å². The largest absolute Gasteiger partial charge is 0.416 e. The Labute approximate surface area is 152 Å². The van der Waals surface area contributed by atoms with E-state index in [4.69, 9.17) is 0 Å². The molecule has 1 N–H and O–H groups in total. The number of benzene rings is 2. The summed E-state index contributed by atoms with van der Waals surface area (Å²) < 4.78 is 39.3. The van der Waals surface area contributed by atoms with Crippen molar-refractivity contribution in [2.75, 3.05) is 18.9 Å². The molecule has 0 amide bonds. The van der Waals surface area contributed by atoms with Gasteiger partial charge in [-0.25, -0.2) is 4.99 Å². The van der Waals surface area contributed by atoms with E-state index in [1.807, 2.05) is 44.9 Å². The van der Waals surface area contributed by atoms with Crippen LogP contribution in [0, 0.1) is 13.8 Å². The summed E-state index contributed by atoms with van der Waals surface area (Å²) in [7, 11) is 1.94. The Balaban J connectivity index is 2.19. The zero-order chi connectivity index (χ0) is 19.3. The van der Waals surface area contributed by atoms with Crippen LogP contribution in [0.15, 0.2) is 41.4 Å². The molecule has 2 rings (SSSR count). The first-order valence-corrected chi connectivity index (χ1v) is 8.47. The lowest BCUT2D eigenvalue weighted by Crippen LogP contribution is -2.14. The van der Waals surface area contributed by atoms with Gasteiger partial charge in [-0.3, -0.25) is 0 Å². The minimum absolute atomic E-state index is 0.108. The van der Waals surface area contributed by atoms with E-state index in [2.05, 4.69) is 10.3 Å². The highest BCUT2D eigenvalue weighted by molar-refractivity contribution is 5.67. The van der Waals surface area contributed by atoms with E-state index in [0.29, 0.717) is 0 Å². The molecule has 0 bridgehead atoms. The standard InChI is InChI=1S/C20H24F3N3/c1-5-26(4)13-25-19-11-14(2)18(10-15(19)3)24-12-16-8-6-7-9-17(16)20(21,22)23/h6-11,13,24H,5,12H2,1-4H3/b25-13-. The molecule has 2 aromatic rings. The molecule has 0 aromatic heterocycles. The van der Waals surface area contributed by atoms with E-state index in [9.17, 15) is 13.2 Å². The van der Waals surface area contributed by atoms with Crippen LogP contribution in [-0.4, -0.2) is 24.8 Å². The minimum atomic E-state index is -4.35. The van der Waals surface area contributed by atoms with Gasteiger partial charge in [-0.05, 0) is 55.7 Å². The molecule has 0 atom stereocenters. The van der Waals surface area contributed by atoms with Crippen LogP contribution in [0.5, 0.6) is 0 Å². The first kappa shape index (κ1) is 19.8. The monoisotopic (exact) mass is 363 g/mol. The van der Waals surface area contributed by atoms with E-state index < -0.39 is 11.7 Å². The van der Waals surface area contributed by atoms with Crippen LogP contribution >= 0.6 is 0 Å². The van der Waals surface area contributed by atoms with Gasteiger partial charge in [0.15, 0.2) is 0 Å². The van der Waals surface area contributed by atoms with Crippen molar-refractivity contribution in [1.82, 2.24) is 4.90 Å². The first-order chi connectivity index (χ1) is 12.2. The van der Waals surface area contributed by atoms with E-state index in [1.165, 1.54) is 12.1 Å². The topological polar surface area (TPSA) is 27.6 Å². The Morgan fingerprint density at radius 3 is 2.46 bits per heavy atom. The van der Waals surface area contributed by atoms with Crippen molar-refractivity contribution in [3.63, 3.8) is 0 Å². The molecule has 26 heavy (non-hydrogen) atoms. The average molecular weight is 363 g/mol. The molecule has 0 aliphatic rings. The Morgan fingerprint density at radius 2 is 1.81 bits per heavy atom. The number of aryl methyl sites for hydroxylation is 2. The lowest BCUT2D eigenvalue weighted by molar-refractivity contribution is -0.138. The van der Waals surface area contributed by atoms with Crippen LogP contribution in [0.1, 0.15) is 29.2 Å². The molecule has 140 valence electrons. The van der Waals surface area contributed by atoms with Crippen molar-refractivity contribution in [2.45, 2.75) is 33.5 Å². The number of anilines is 1. The van der Waals surface area contributed by atoms with Gasteiger partial charge in [-0.1, -0.05) is 18.2 Å². The summed E-state index contributed by atoms with van der Waals surface area (Å²) in [4.78, 5) is 6.43. The number of hydrogen-bond acceptors (Lipinski definition) is 2. The molecule has 0 saturated heterocycles. The van der Waals surface area contributed by atoms with Gasteiger partial charge in [0.25, 0.3) is 0 Å². The maximum absolute atomic E-state index is 13.1. The molecular weight excluding hydrogens is 339 g/mol. The van der Waals surface area contributed by atoms with E-state index in [1.54, 1.807) is 12.4 Å². The lowest BCUT2D eigenvalue weighted by atomic mass is 10.1. The SMILES string of the molecule is CCN(C)/C=N\c1cc(C)c(NCc2ccccc2C(F)(F)F)cc1C. The summed E-state index contributed by atoms with van der Waals surface area (Å²) in [6, 6.07) is 9.49. The highest BCUT2D eigenvalue weighted by atomic mass is 19.4. The van der Waals surface area contributed by atoms with Crippen molar-refractivity contribution >= 4 is 17.7 Å². The van der Waals surface area contributed by atoms with Crippen LogP contribution in [-0.2, 0) is 12.7 Å². The molecule has 0 aliphatic carbocycles. The van der Waals surface area contributed by atoms with Crippen LogP contribution in [0.2, 0.25) is 0 Å². The summed E-state index contributed by atoms with van der Waals surface area (Å²) in [5.41, 5.74) is 3.18. The third kappa shape index (κ3) is 5.00. The molecular formula is C20H24F3N3. The Morgan fingerprint density at radius 1 is 1.12 bits per heavy atom. The molecule has 6 heteroatoms. The smallest absolute Gasteiger partial charge is 0.381 e. The zero-order valence-corrected chi connectivity index (χ0v) is 15.5. The van der Waals surface area contributed by atoms with E-state index in [-0.39, 0.29) is 12.1 Å². The van der Waals surface area contributed by atoms with Crippen LogP contribution < -0.4 is 5.32 Å². The van der Waals surface area contributed by atoms with Gasteiger partial charge in [0.05, 0.1) is 17.6 Å². The lowest BCUT2D eigenvalue weighted by Gasteiger charge is -2.16. The maximum atomic E-state index is 13.1. The third-order valence-corrected chi connectivity index (χ3v) is 4.23. The van der Waals surface area contributed by atoms with Crippen LogP contribution in [0.3, 0.4) is 0 Å².